The summed E-state index contributed by atoms with van der Waals surface area (Å²) in [6, 6.07) is 9.24. The molecule has 10 nitrogen and oxygen atoms in total. The van der Waals surface area contributed by atoms with E-state index in [9.17, 15) is 10.1 Å². The Bertz CT molecular complexity index is 1440. The number of aryl methyl sites for hydroxylation is 1. The first-order chi connectivity index (χ1) is 16.6. The zero-order chi connectivity index (χ0) is 23.7. The van der Waals surface area contributed by atoms with E-state index in [0.29, 0.717) is 11.4 Å². The number of nitriles is 1. The van der Waals surface area contributed by atoms with Gasteiger partial charge in [0.1, 0.15) is 23.7 Å². The van der Waals surface area contributed by atoms with Crippen molar-refractivity contribution in [2.24, 2.45) is 7.05 Å². The first-order valence-corrected chi connectivity index (χ1v) is 11.2. The monoisotopic (exact) mass is 456 g/mol. The first kappa shape index (κ1) is 21.6. The SMILES string of the molecule is CNc1cc2c(cn1)c(-c1cncc(C#N)c1)nn2[C@H]1CC[C@@H](Oc2ccc(=O)n(C)n2)CC1. The summed E-state index contributed by atoms with van der Waals surface area (Å²) in [5.74, 6) is 1.23. The van der Waals surface area contributed by atoms with E-state index < -0.39 is 0 Å². The lowest BCUT2D eigenvalue weighted by Gasteiger charge is -2.29. The second-order valence-corrected chi connectivity index (χ2v) is 8.39. The van der Waals surface area contributed by atoms with Crippen molar-refractivity contribution in [1.82, 2.24) is 29.5 Å². The van der Waals surface area contributed by atoms with Gasteiger partial charge in [-0.25, -0.2) is 9.67 Å². The van der Waals surface area contributed by atoms with Gasteiger partial charge in [-0.15, -0.1) is 5.10 Å². The van der Waals surface area contributed by atoms with Crippen LogP contribution in [0.2, 0.25) is 0 Å². The zero-order valence-electron chi connectivity index (χ0n) is 19.0. The number of nitrogens with one attached hydrogen (secondary N) is 1. The molecular weight excluding hydrogens is 432 g/mol. The van der Waals surface area contributed by atoms with Gasteiger partial charge in [-0.2, -0.15) is 10.4 Å². The quantitative estimate of drug-likeness (QED) is 0.486. The topological polar surface area (TPSA) is 124 Å². The maximum atomic E-state index is 11.6. The summed E-state index contributed by atoms with van der Waals surface area (Å²) in [5, 5.41) is 22.5. The molecule has 10 heteroatoms. The van der Waals surface area contributed by atoms with E-state index >= 15 is 0 Å². The maximum absolute atomic E-state index is 11.6. The second kappa shape index (κ2) is 8.94. The smallest absolute Gasteiger partial charge is 0.266 e. The normalized spacial score (nSPS) is 17.9. The molecule has 0 unspecified atom stereocenters. The van der Waals surface area contributed by atoms with Crippen LogP contribution in [0.5, 0.6) is 5.88 Å². The van der Waals surface area contributed by atoms with Gasteiger partial charge in [-0.05, 0) is 31.7 Å². The van der Waals surface area contributed by atoms with Gasteiger partial charge in [0.15, 0.2) is 0 Å². The third-order valence-corrected chi connectivity index (χ3v) is 6.20. The fourth-order valence-electron chi connectivity index (χ4n) is 4.41. The summed E-state index contributed by atoms with van der Waals surface area (Å²) in [7, 11) is 3.45. The minimum absolute atomic E-state index is 0.0357. The van der Waals surface area contributed by atoms with Crippen LogP contribution < -0.4 is 15.6 Å². The number of hydrogen-bond donors (Lipinski definition) is 1. The molecule has 0 saturated heterocycles. The third kappa shape index (κ3) is 4.08. The molecule has 0 bridgehead atoms. The van der Waals surface area contributed by atoms with Gasteiger partial charge >= 0.3 is 0 Å². The molecule has 4 aromatic heterocycles. The Kier molecular flexibility index (Phi) is 5.67. The van der Waals surface area contributed by atoms with Crippen LogP contribution in [0, 0.1) is 11.3 Å². The van der Waals surface area contributed by atoms with Gasteiger partial charge in [-0.1, -0.05) is 0 Å². The molecule has 4 aromatic rings. The van der Waals surface area contributed by atoms with Gasteiger partial charge < -0.3 is 10.1 Å². The molecule has 4 heterocycles. The maximum Gasteiger partial charge on any atom is 0.266 e. The van der Waals surface area contributed by atoms with E-state index in [4.69, 9.17) is 9.84 Å². The van der Waals surface area contributed by atoms with Crippen molar-refractivity contribution in [3.8, 4) is 23.2 Å². The predicted octanol–water partition coefficient (Wildman–Crippen LogP) is 3.06. The highest BCUT2D eigenvalue weighted by Gasteiger charge is 2.27. The largest absolute Gasteiger partial charge is 0.473 e. The number of hydrogen-bond acceptors (Lipinski definition) is 8. The summed E-state index contributed by atoms with van der Waals surface area (Å²) in [5.41, 5.74) is 2.87. The Balaban J connectivity index is 1.42. The van der Waals surface area contributed by atoms with Gasteiger partial charge in [0.25, 0.3) is 5.56 Å². The number of aromatic nitrogens is 6. The molecule has 0 radical (unpaired) electrons. The van der Waals surface area contributed by atoms with Crippen molar-refractivity contribution >= 4 is 16.7 Å². The highest BCUT2D eigenvalue weighted by atomic mass is 16.5. The molecular formula is C24H24N8O2. The summed E-state index contributed by atoms with van der Waals surface area (Å²) in [6.45, 7) is 0. The third-order valence-electron chi connectivity index (χ3n) is 6.20. The molecule has 172 valence electrons. The molecule has 0 aromatic carbocycles. The molecule has 0 aliphatic heterocycles. The number of nitrogens with zero attached hydrogens (tertiary/aromatic N) is 7. The van der Waals surface area contributed by atoms with Crippen LogP contribution in [0.4, 0.5) is 5.82 Å². The van der Waals surface area contributed by atoms with Crippen LogP contribution in [0.1, 0.15) is 37.3 Å². The van der Waals surface area contributed by atoms with Crippen LogP contribution in [0.15, 0.2) is 47.7 Å². The summed E-state index contributed by atoms with van der Waals surface area (Å²) in [4.78, 5) is 20.3. The van der Waals surface area contributed by atoms with Crippen LogP contribution >= 0.6 is 0 Å². The molecule has 1 fully saturated rings. The number of anilines is 1. The van der Waals surface area contributed by atoms with Gasteiger partial charge in [0.05, 0.1) is 17.1 Å². The lowest BCUT2D eigenvalue weighted by Crippen LogP contribution is -2.27. The molecule has 1 N–H and O–H groups in total. The van der Waals surface area contributed by atoms with Crippen molar-refractivity contribution in [3.63, 3.8) is 0 Å². The minimum atomic E-state index is -0.164. The minimum Gasteiger partial charge on any atom is -0.473 e. The Morgan fingerprint density at radius 3 is 2.68 bits per heavy atom. The van der Waals surface area contributed by atoms with E-state index in [2.05, 4.69) is 31.1 Å². The number of ether oxygens (including phenoxy) is 1. The van der Waals surface area contributed by atoms with Crippen LogP contribution in [0.3, 0.4) is 0 Å². The van der Waals surface area contributed by atoms with Crippen LogP contribution in [0.25, 0.3) is 22.2 Å². The molecule has 5 rings (SSSR count). The van der Waals surface area contributed by atoms with Crippen LogP contribution in [-0.4, -0.2) is 42.7 Å². The Labute approximate surface area is 195 Å². The highest BCUT2D eigenvalue weighted by molar-refractivity contribution is 5.94. The highest BCUT2D eigenvalue weighted by Crippen LogP contribution is 2.36. The lowest BCUT2D eigenvalue weighted by atomic mass is 9.93. The number of fused-ring (bicyclic) bond motifs is 1. The molecule has 34 heavy (non-hydrogen) atoms. The Morgan fingerprint density at radius 1 is 1.12 bits per heavy atom. The van der Waals surface area contributed by atoms with Crippen molar-refractivity contribution in [2.45, 2.75) is 37.8 Å². The molecule has 0 atom stereocenters. The standard InChI is InChI=1S/C24H24N8O2/c1-26-21-10-20-19(14-28-21)24(16-9-15(11-25)12-27-13-16)30-32(20)17-3-5-18(6-4-17)34-22-7-8-23(33)31(2)29-22/h7-10,12-14,17-18H,3-6H2,1-2H3,(H,26,28)/t17-,18+. The van der Waals surface area contributed by atoms with Gasteiger partial charge in [0, 0.05) is 61.8 Å². The van der Waals surface area contributed by atoms with E-state index in [-0.39, 0.29) is 17.7 Å². The van der Waals surface area contributed by atoms with Crippen molar-refractivity contribution < 1.29 is 4.74 Å². The molecule has 0 spiro atoms. The van der Waals surface area contributed by atoms with Gasteiger partial charge in [-0.3, -0.25) is 14.5 Å². The van der Waals surface area contributed by atoms with Crippen LogP contribution in [-0.2, 0) is 7.05 Å². The fraction of sp³-hybridized carbons (Fsp3) is 0.333. The number of pyridine rings is 2. The number of rotatable bonds is 5. The van der Waals surface area contributed by atoms with Gasteiger partial charge in [0.2, 0.25) is 5.88 Å². The average Bonchev–Trinajstić information content (AvgIpc) is 3.25. The summed E-state index contributed by atoms with van der Waals surface area (Å²) < 4.78 is 9.40. The molecule has 1 aliphatic carbocycles. The molecule has 1 saturated carbocycles. The zero-order valence-corrected chi connectivity index (χ0v) is 19.0. The lowest BCUT2D eigenvalue weighted by molar-refractivity contribution is 0.123. The Hall–Kier alpha value is -4.26. The van der Waals surface area contributed by atoms with E-state index in [1.165, 1.54) is 10.7 Å². The van der Waals surface area contributed by atoms with Crippen molar-refractivity contribution in [2.75, 3.05) is 12.4 Å². The molecule has 1 aliphatic rings. The first-order valence-electron chi connectivity index (χ1n) is 11.2. The second-order valence-electron chi connectivity index (χ2n) is 8.39. The van der Waals surface area contributed by atoms with E-state index in [0.717, 1.165) is 53.7 Å². The van der Waals surface area contributed by atoms with Crippen molar-refractivity contribution in [3.05, 3.63) is 58.8 Å². The van der Waals surface area contributed by atoms with E-state index in [1.807, 2.05) is 19.3 Å². The fourth-order valence-corrected chi connectivity index (χ4v) is 4.41. The summed E-state index contributed by atoms with van der Waals surface area (Å²) >= 11 is 0. The predicted molar refractivity (Wildman–Crippen MR) is 126 cm³/mol. The van der Waals surface area contributed by atoms with E-state index in [1.54, 1.807) is 31.6 Å². The van der Waals surface area contributed by atoms with Crippen molar-refractivity contribution in [1.29, 1.82) is 5.26 Å². The Morgan fingerprint density at radius 2 is 1.94 bits per heavy atom. The molecule has 0 amide bonds. The average molecular weight is 457 g/mol. The summed E-state index contributed by atoms with van der Waals surface area (Å²) in [6.07, 6.45) is 8.60.